The number of alkyl halides is 1. The Labute approximate surface area is 210 Å². The zero-order valence-corrected chi connectivity index (χ0v) is 21.1. The van der Waals surface area contributed by atoms with Gasteiger partial charge in [-0.15, -0.1) is 0 Å². The van der Waals surface area contributed by atoms with E-state index in [0.717, 1.165) is 5.56 Å². The molecular weight excluding hydrogens is 469 g/mol. The summed E-state index contributed by atoms with van der Waals surface area (Å²) in [6, 6.07) is 7.11. The first-order valence-corrected chi connectivity index (χ1v) is 12.8. The van der Waals surface area contributed by atoms with E-state index in [1.165, 1.54) is 12.2 Å². The molecule has 5 rings (SSSR count). The van der Waals surface area contributed by atoms with Gasteiger partial charge in [-0.3, -0.25) is 9.59 Å². The number of amides is 1. The van der Waals surface area contributed by atoms with E-state index in [2.05, 4.69) is 5.32 Å². The molecule has 3 fully saturated rings. The Morgan fingerprint density at radius 2 is 1.91 bits per heavy atom. The van der Waals surface area contributed by atoms with Crippen LogP contribution in [0.4, 0.5) is 4.39 Å². The molecule has 0 aromatic heterocycles. The molecule has 4 aliphatic rings. The molecule has 188 valence electrons. The van der Waals surface area contributed by atoms with Gasteiger partial charge >= 0.3 is 0 Å². The van der Waals surface area contributed by atoms with Crippen molar-refractivity contribution in [3.63, 3.8) is 0 Å². The number of aliphatic hydroxyl groups excluding tert-OH is 1. The Morgan fingerprint density at radius 1 is 1.23 bits per heavy atom. The topological polar surface area (TPSA) is 86.6 Å². The van der Waals surface area contributed by atoms with Crippen LogP contribution >= 0.6 is 11.6 Å². The van der Waals surface area contributed by atoms with Gasteiger partial charge in [0.15, 0.2) is 17.1 Å². The van der Waals surface area contributed by atoms with E-state index >= 15 is 4.39 Å². The second kappa shape index (κ2) is 7.99. The fourth-order valence-corrected chi connectivity index (χ4v) is 8.08. The number of hydrogen-bond donors (Lipinski definition) is 3. The van der Waals surface area contributed by atoms with Gasteiger partial charge in [0.25, 0.3) is 5.91 Å². The lowest BCUT2D eigenvalue weighted by molar-refractivity contribution is -0.219. The van der Waals surface area contributed by atoms with E-state index in [-0.39, 0.29) is 24.7 Å². The maximum Gasteiger partial charge on any atom is 0.253 e. The normalized spacial score (nSPS) is 44.2. The van der Waals surface area contributed by atoms with E-state index < -0.39 is 45.9 Å². The minimum absolute atomic E-state index is 0.0372. The number of rotatable bonds is 3. The van der Waals surface area contributed by atoms with E-state index in [1.54, 1.807) is 25.1 Å². The first-order valence-electron chi connectivity index (χ1n) is 12.4. The van der Waals surface area contributed by atoms with Gasteiger partial charge in [0.1, 0.15) is 0 Å². The molecule has 0 saturated heterocycles. The minimum atomic E-state index is -1.98. The van der Waals surface area contributed by atoms with Crippen molar-refractivity contribution in [1.82, 2.24) is 5.32 Å². The van der Waals surface area contributed by atoms with Gasteiger partial charge in [0.2, 0.25) is 0 Å². The monoisotopic (exact) mass is 501 g/mol. The number of ketones is 1. The molecule has 3 saturated carbocycles. The number of carbonyl (C=O) groups excluding carboxylic acids is 2. The lowest BCUT2D eigenvalue weighted by Crippen LogP contribution is -2.70. The summed E-state index contributed by atoms with van der Waals surface area (Å²) in [5, 5.41) is 26.9. The number of carbonyl (C=O) groups is 2. The van der Waals surface area contributed by atoms with Gasteiger partial charge in [0, 0.05) is 28.3 Å². The number of nitrogens with one attached hydrogen (secondary N) is 1. The van der Waals surface area contributed by atoms with Crippen molar-refractivity contribution in [2.75, 3.05) is 0 Å². The summed E-state index contributed by atoms with van der Waals surface area (Å²) in [5.74, 6) is -1.89. The van der Waals surface area contributed by atoms with Crippen molar-refractivity contribution in [3.05, 3.63) is 58.7 Å². The lowest BCUT2D eigenvalue weighted by Gasteiger charge is -2.62. The molecule has 0 bridgehead atoms. The third-order valence-electron chi connectivity index (χ3n) is 9.94. The quantitative estimate of drug-likeness (QED) is 0.576. The number of hydrogen-bond acceptors (Lipinski definition) is 4. The number of aliphatic hydroxyl groups is 2. The highest BCUT2D eigenvalue weighted by Crippen LogP contribution is 2.70. The van der Waals surface area contributed by atoms with E-state index in [4.69, 9.17) is 11.6 Å². The standard InChI is InChI=1S/C28H33ClFNO4/c1-16-12-22-21-9-6-18-13-20(32)10-11-25(18,2)27(21,30)23(33)14-26(22,3)28(16,35)24(34)31-15-17-4-7-19(29)8-5-17/h4-5,7-8,10-11,13,16,21-23,33,35H,6,9,12,14-15H2,1-3H3,(H,31,34)/t16-,21+,22+,23+,25+,26+,27+,28+/m1/s1. The molecule has 1 amide bonds. The van der Waals surface area contributed by atoms with Crippen LogP contribution in [-0.4, -0.2) is 39.3 Å². The van der Waals surface area contributed by atoms with Crippen LogP contribution in [0.25, 0.3) is 0 Å². The number of halogens is 2. The first kappa shape index (κ1) is 24.7. The van der Waals surface area contributed by atoms with Gasteiger partial charge in [-0.2, -0.15) is 0 Å². The van der Waals surface area contributed by atoms with E-state index in [0.29, 0.717) is 29.9 Å². The van der Waals surface area contributed by atoms with Crippen LogP contribution < -0.4 is 5.32 Å². The van der Waals surface area contributed by atoms with Gasteiger partial charge in [-0.25, -0.2) is 4.39 Å². The van der Waals surface area contributed by atoms with Crippen molar-refractivity contribution in [3.8, 4) is 0 Å². The molecule has 1 aromatic carbocycles. The molecule has 0 heterocycles. The summed E-state index contributed by atoms with van der Waals surface area (Å²) in [7, 11) is 0. The third kappa shape index (κ3) is 3.19. The summed E-state index contributed by atoms with van der Waals surface area (Å²) < 4.78 is 17.2. The van der Waals surface area contributed by atoms with E-state index in [1.807, 2.05) is 26.0 Å². The van der Waals surface area contributed by atoms with Crippen molar-refractivity contribution >= 4 is 23.3 Å². The van der Waals surface area contributed by atoms with Crippen molar-refractivity contribution < 1.29 is 24.2 Å². The van der Waals surface area contributed by atoms with Crippen LogP contribution in [-0.2, 0) is 16.1 Å². The summed E-state index contributed by atoms with van der Waals surface area (Å²) in [6.07, 6.45) is 4.60. The zero-order chi connectivity index (χ0) is 25.4. The fourth-order valence-electron chi connectivity index (χ4n) is 7.95. The second-order valence-corrected chi connectivity index (χ2v) is 11.9. The Hall–Kier alpha value is -2.02. The molecule has 3 N–H and O–H groups in total. The van der Waals surface area contributed by atoms with Gasteiger partial charge in [-0.1, -0.05) is 49.2 Å². The zero-order valence-electron chi connectivity index (χ0n) is 20.4. The molecule has 0 radical (unpaired) electrons. The van der Waals surface area contributed by atoms with Gasteiger partial charge < -0.3 is 15.5 Å². The largest absolute Gasteiger partial charge is 0.390 e. The van der Waals surface area contributed by atoms with Gasteiger partial charge in [-0.05, 0) is 74.3 Å². The Bertz CT molecular complexity index is 1130. The average molecular weight is 502 g/mol. The molecule has 4 aliphatic carbocycles. The summed E-state index contributed by atoms with van der Waals surface area (Å²) in [5.41, 5.74) is -4.25. The van der Waals surface area contributed by atoms with Crippen molar-refractivity contribution in [1.29, 1.82) is 0 Å². The smallest absolute Gasteiger partial charge is 0.253 e. The predicted molar refractivity (Wildman–Crippen MR) is 131 cm³/mol. The highest BCUT2D eigenvalue weighted by atomic mass is 35.5. The number of allylic oxidation sites excluding steroid dienone is 4. The second-order valence-electron chi connectivity index (χ2n) is 11.5. The van der Waals surface area contributed by atoms with E-state index in [9.17, 15) is 19.8 Å². The van der Waals surface area contributed by atoms with Crippen LogP contribution in [0.5, 0.6) is 0 Å². The first-order chi connectivity index (χ1) is 16.4. The highest BCUT2D eigenvalue weighted by molar-refractivity contribution is 6.30. The Balaban J connectivity index is 1.47. The molecule has 0 unspecified atom stereocenters. The number of benzene rings is 1. The van der Waals surface area contributed by atoms with Crippen LogP contribution in [0.2, 0.25) is 5.02 Å². The SMILES string of the molecule is C[C@@H]1C[C@H]2[C@@H]3CCC4=CC(=O)C=C[C@]4(C)[C@@]3(F)[C@@H](O)C[C@]2(C)[C@@]1(O)C(=O)NCc1ccc(Cl)cc1. The number of fused-ring (bicyclic) bond motifs is 5. The maximum absolute atomic E-state index is 17.2. The predicted octanol–water partition coefficient (Wildman–Crippen LogP) is 4.30. The highest BCUT2D eigenvalue weighted by Gasteiger charge is 2.75. The lowest BCUT2D eigenvalue weighted by atomic mass is 9.44. The molecule has 0 spiro atoms. The maximum atomic E-state index is 17.2. The molecule has 7 heteroatoms. The van der Waals surface area contributed by atoms with Crippen LogP contribution in [0.3, 0.4) is 0 Å². The summed E-state index contributed by atoms with van der Waals surface area (Å²) in [4.78, 5) is 25.5. The molecule has 35 heavy (non-hydrogen) atoms. The Kier molecular flexibility index (Phi) is 5.63. The van der Waals surface area contributed by atoms with Gasteiger partial charge in [0.05, 0.1) is 6.10 Å². The van der Waals surface area contributed by atoms with Crippen LogP contribution in [0.15, 0.2) is 48.1 Å². The minimum Gasteiger partial charge on any atom is -0.390 e. The van der Waals surface area contributed by atoms with Crippen LogP contribution in [0, 0.1) is 28.6 Å². The van der Waals surface area contributed by atoms with Crippen molar-refractivity contribution in [2.24, 2.45) is 28.6 Å². The average Bonchev–Trinajstić information content (AvgIpc) is 3.01. The van der Waals surface area contributed by atoms with Crippen molar-refractivity contribution in [2.45, 2.75) is 70.4 Å². The van der Waals surface area contributed by atoms with Crippen LogP contribution in [0.1, 0.15) is 52.0 Å². The molecule has 5 nitrogen and oxygen atoms in total. The third-order valence-corrected chi connectivity index (χ3v) is 10.2. The molecule has 8 atom stereocenters. The molecular formula is C28H33ClFNO4. The Morgan fingerprint density at radius 3 is 2.60 bits per heavy atom. The fraction of sp³-hybridized carbons (Fsp3) is 0.571. The summed E-state index contributed by atoms with van der Waals surface area (Å²) >= 11 is 5.95. The summed E-state index contributed by atoms with van der Waals surface area (Å²) in [6.45, 7) is 5.67. The molecule has 1 aromatic rings. The molecule has 0 aliphatic heterocycles.